The number of sulfonamides is 1. The number of hydrogen-bond acceptors (Lipinski definition) is 4. The number of carbonyl (C=O) groups is 1. The molecule has 224 valence electrons. The third kappa shape index (κ3) is 6.12. The Morgan fingerprint density at radius 2 is 1.22 bits per heavy atom. The van der Waals surface area contributed by atoms with E-state index in [4.69, 9.17) is 5.14 Å². The van der Waals surface area contributed by atoms with E-state index in [-0.39, 0.29) is 10.8 Å². The van der Waals surface area contributed by atoms with Gasteiger partial charge in [-0.3, -0.25) is 4.79 Å². The number of rotatable bonds is 8. The predicted molar refractivity (Wildman–Crippen MR) is 178 cm³/mol. The normalized spacial score (nSPS) is 11.6. The molecule has 45 heavy (non-hydrogen) atoms. The molecule has 6 aromatic rings. The first-order valence-electron chi connectivity index (χ1n) is 14.3. The van der Waals surface area contributed by atoms with E-state index in [1.54, 1.807) is 30.5 Å². The van der Waals surface area contributed by atoms with Crippen LogP contribution < -0.4 is 10.6 Å². The topological polar surface area (TPSA) is 111 Å². The molecule has 0 bridgehead atoms. The van der Waals surface area contributed by atoms with Gasteiger partial charge in [-0.25, -0.2) is 19.0 Å². The lowest BCUT2D eigenvalue weighted by Crippen LogP contribution is -2.17. The molecule has 9 heteroatoms. The minimum atomic E-state index is -3.77. The molecule has 0 radical (unpaired) electrons. The van der Waals surface area contributed by atoms with Gasteiger partial charge in [0.1, 0.15) is 0 Å². The fourth-order valence-electron chi connectivity index (χ4n) is 5.47. The lowest BCUT2D eigenvalue weighted by Gasteiger charge is -2.15. The van der Waals surface area contributed by atoms with Crippen LogP contribution in [0.5, 0.6) is 0 Å². The van der Waals surface area contributed by atoms with Crippen LogP contribution in [0.1, 0.15) is 27.3 Å². The minimum absolute atomic E-state index is 0.0490. The van der Waals surface area contributed by atoms with Gasteiger partial charge in [0.05, 0.1) is 22.5 Å². The van der Waals surface area contributed by atoms with Gasteiger partial charge in [0, 0.05) is 33.9 Å². The van der Waals surface area contributed by atoms with Crippen LogP contribution in [0.25, 0.3) is 33.9 Å². The molecule has 0 aliphatic rings. The van der Waals surface area contributed by atoms with Crippen molar-refractivity contribution in [3.8, 4) is 33.9 Å². The smallest absolute Gasteiger partial charge is 0.271 e. The van der Waals surface area contributed by atoms with E-state index < -0.39 is 10.0 Å². The Morgan fingerprint density at radius 3 is 1.76 bits per heavy atom. The number of amides is 1. The maximum atomic E-state index is 13.0. The molecular formula is C36H31N5O3S. The minimum Gasteiger partial charge on any atom is -0.318 e. The number of nitrogens with one attached hydrogen (secondary N) is 1. The number of hydrogen-bond donors (Lipinski definition) is 2. The van der Waals surface area contributed by atoms with Crippen molar-refractivity contribution in [3.63, 3.8) is 0 Å². The van der Waals surface area contributed by atoms with Gasteiger partial charge in [0.2, 0.25) is 10.0 Å². The van der Waals surface area contributed by atoms with E-state index >= 15 is 0 Å². The number of aromatic nitrogens is 2. The first-order chi connectivity index (χ1) is 21.7. The van der Waals surface area contributed by atoms with E-state index in [9.17, 15) is 13.2 Å². The van der Waals surface area contributed by atoms with E-state index in [0.717, 1.165) is 50.8 Å². The van der Waals surface area contributed by atoms with Crippen molar-refractivity contribution in [2.45, 2.75) is 18.7 Å². The highest BCUT2D eigenvalue weighted by molar-refractivity contribution is 7.89. The highest BCUT2D eigenvalue weighted by atomic mass is 32.2. The third-order valence-electron chi connectivity index (χ3n) is 7.67. The van der Waals surface area contributed by atoms with E-state index in [1.165, 1.54) is 12.1 Å². The van der Waals surface area contributed by atoms with Gasteiger partial charge in [-0.1, -0.05) is 60.7 Å². The molecule has 3 N–H and O–H groups in total. The largest absolute Gasteiger partial charge is 0.318 e. The molecule has 1 amide bonds. The Bertz CT molecular complexity index is 2060. The van der Waals surface area contributed by atoms with Crippen molar-refractivity contribution in [1.29, 1.82) is 0 Å². The number of nitrogens with two attached hydrogens (primary N) is 1. The first kappa shape index (κ1) is 29.6. The van der Waals surface area contributed by atoms with Crippen molar-refractivity contribution in [3.05, 3.63) is 150 Å². The maximum absolute atomic E-state index is 13.0. The number of primary sulfonamides is 1. The summed E-state index contributed by atoms with van der Waals surface area (Å²) in [4.78, 5) is 13.1. The second-order valence-corrected chi connectivity index (χ2v) is 12.2. The molecule has 2 aromatic heterocycles. The molecule has 0 saturated heterocycles. The summed E-state index contributed by atoms with van der Waals surface area (Å²) in [7, 11) is -3.77. The Hall–Kier alpha value is -5.51. The zero-order valence-corrected chi connectivity index (χ0v) is 25.6. The fraction of sp³-hybridized carbons (Fsp3) is 0.0556. The fourth-order valence-corrected chi connectivity index (χ4v) is 5.99. The molecule has 0 fully saturated rings. The second-order valence-electron chi connectivity index (χ2n) is 10.6. The third-order valence-corrected chi connectivity index (χ3v) is 8.60. The average Bonchev–Trinajstić information content (AvgIpc) is 3.62. The van der Waals surface area contributed by atoms with E-state index in [1.807, 2.05) is 73.0 Å². The zero-order chi connectivity index (χ0) is 31.6. The summed E-state index contributed by atoms with van der Waals surface area (Å²) in [5.41, 5.74) is 11.7. The average molecular weight is 614 g/mol. The Labute approximate surface area is 262 Å². The first-order valence-corrected chi connectivity index (χ1v) is 15.8. The van der Waals surface area contributed by atoms with Crippen LogP contribution in [0.3, 0.4) is 0 Å². The molecule has 0 unspecified atom stereocenters. The van der Waals surface area contributed by atoms with Crippen molar-refractivity contribution < 1.29 is 13.2 Å². The summed E-state index contributed by atoms with van der Waals surface area (Å²) in [5.74, 6) is -0.329. The Morgan fingerprint density at radius 1 is 0.711 bits per heavy atom. The number of aryl methyl sites for hydroxylation is 1. The van der Waals surface area contributed by atoms with Gasteiger partial charge in [-0.2, -0.15) is 5.10 Å². The van der Waals surface area contributed by atoms with Gasteiger partial charge in [-0.15, -0.1) is 0 Å². The molecule has 8 nitrogen and oxygen atoms in total. The molecule has 4 aromatic carbocycles. The summed E-state index contributed by atoms with van der Waals surface area (Å²) in [6.07, 6.45) is 1.60. The van der Waals surface area contributed by atoms with Crippen LogP contribution in [-0.2, 0) is 10.0 Å². The summed E-state index contributed by atoms with van der Waals surface area (Å²) in [6.45, 7) is 3.87. The van der Waals surface area contributed by atoms with Crippen LogP contribution in [0.4, 0.5) is 0 Å². The Balaban J connectivity index is 1.21. The molecule has 0 spiro atoms. The summed E-state index contributed by atoms with van der Waals surface area (Å²) in [6, 6.07) is 40.4. The number of carbonyl (C=O) groups excluding carboxylic acids is 1. The highest BCUT2D eigenvalue weighted by Gasteiger charge is 2.15. The van der Waals surface area contributed by atoms with Gasteiger partial charge >= 0.3 is 0 Å². The summed E-state index contributed by atoms with van der Waals surface area (Å²) < 4.78 is 27.4. The van der Waals surface area contributed by atoms with Crippen LogP contribution >= 0.6 is 0 Å². The quantitative estimate of drug-likeness (QED) is 0.148. The monoisotopic (exact) mass is 613 g/mol. The molecule has 0 aliphatic carbocycles. The molecule has 6 rings (SSSR count). The van der Waals surface area contributed by atoms with Crippen molar-refractivity contribution in [2.75, 3.05) is 0 Å². The van der Waals surface area contributed by atoms with Gasteiger partial charge in [-0.05, 0) is 91.7 Å². The van der Waals surface area contributed by atoms with Crippen molar-refractivity contribution in [2.24, 2.45) is 10.2 Å². The van der Waals surface area contributed by atoms with Gasteiger partial charge in [0.25, 0.3) is 5.91 Å². The molecule has 2 heterocycles. The molecule has 0 aliphatic heterocycles. The molecule has 0 saturated carbocycles. The van der Waals surface area contributed by atoms with E-state index in [2.05, 4.69) is 51.5 Å². The van der Waals surface area contributed by atoms with Crippen molar-refractivity contribution in [1.82, 2.24) is 14.6 Å². The second kappa shape index (κ2) is 12.2. The standard InChI is InChI=1S/C36H31N5O3S/c1-25-23-30(26(2)40(25)31-17-19-33(20-18-31)45(37,43)44)24-38-39-36(42)29-13-15-32(16-14-29)41-34(27-9-5-3-6-10-27)21-22-35(41)28-11-7-4-8-12-28/h3-24H,1-2H3,(H,39,42)(H2,37,43,44)/b38-24-. The zero-order valence-electron chi connectivity index (χ0n) is 24.8. The molecule has 0 atom stereocenters. The van der Waals surface area contributed by atoms with Crippen LogP contribution in [0.2, 0.25) is 0 Å². The van der Waals surface area contributed by atoms with Crippen molar-refractivity contribution >= 4 is 22.1 Å². The SMILES string of the molecule is Cc1cc(/C=N\NC(=O)c2ccc(-n3c(-c4ccccc4)ccc3-c3ccccc3)cc2)c(C)n1-c1ccc(S(N)(=O)=O)cc1. The predicted octanol–water partition coefficient (Wildman–Crippen LogP) is 6.63. The van der Waals surface area contributed by atoms with Gasteiger partial charge in [0.15, 0.2) is 0 Å². The lowest BCUT2D eigenvalue weighted by atomic mass is 10.1. The number of benzene rings is 4. The maximum Gasteiger partial charge on any atom is 0.271 e. The van der Waals surface area contributed by atoms with Crippen LogP contribution in [-0.4, -0.2) is 29.7 Å². The number of hydrazone groups is 1. The van der Waals surface area contributed by atoms with Crippen LogP contribution in [0.15, 0.2) is 137 Å². The summed E-state index contributed by atoms with van der Waals surface area (Å²) in [5, 5.41) is 9.44. The summed E-state index contributed by atoms with van der Waals surface area (Å²) >= 11 is 0. The lowest BCUT2D eigenvalue weighted by molar-refractivity contribution is 0.0955. The van der Waals surface area contributed by atoms with E-state index in [0.29, 0.717) is 5.56 Å². The van der Waals surface area contributed by atoms with Gasteiger partial charge < -0.3 is 9.13 Å². The van der Waals surface area contributed by atoms with Crippen LogP contribution in [0, 0.1) is 13.8 Å². The highest BCUT2D eigenvalue weighted by Crippen LogP contribution is 2.32. The molecular weight excluding hydrogens is 582 g/mol. The Kier molecular flexibility index (Phi) is 8.04. The number of nitrogens with zero attached hydrogens (tertiary/aromatic N) is 3.